The predicted molar refractivity (Wildman–Crippen MR) is 106 cm³/mol. The molecule has 0 amide bonds. The fourth-order valence-corrected chi connectivity index (χ4v) is 3.98. The molecule has 0 spiro atoms. The SMILES string of the molecule is Cc1nc(N[C@H]2CCCN(Cc3cccc(O)c3)C2)c2c(C)nn(C)c2n1. The predicted octanol–water partition coefficient (Wildman–Crippen LogP) is 2.76. The van der Waals surface area contributed by atoms with Crippen LogP contribution in [0.15, 0.2) is 24.3 Å². The number of likely N-dealkylation sites (tertiary alicyclic amines) is 1. The first-order valence-corrected chi connectivity index (χ1v) is 9.44. The Balaban J connectivity index is 1.52. The average molecular weight is 366 g/mol. The molecule has 2 aromatic heterocycles. The highest BCUT2D eigenvalue weighted by molar-refractivity contribution is 5.89. The van der Waals surface area contributed by atoms with E-state index in [1.165, 1.54) is 0 Å². The van der Waals surface area contributed by atoms with E-state index < -0.39 is 0 Å². The van der Waals surface area contributed by atoms with Gasteiger partial charge < -0.3 is 10.4 Å². The summed E-state index contributed by atoms with van der Waals surface area (Å²) in [5, 5.41) is 18.9. The van der Waals surface area contributed by atoms with Crippen molar-refractivity contribution < 1.29 is 5.11 Å². The van der Waals surface area contributed by atoms with Crippen molar-refractivity contribution in [3.63, 3.8) is 0 Å². The van der Waals surface area contributed by atoms with E-state index >= 15 is 0 Å². The molecule has 0 aliphatic carbocycles. The average Bonchev–Trinajstić information content (AvgIpc) is 2.89. The number of nitrogens with zero attached hydrogens (tertiary/aromatic N) is 5. The number of phenolic OH excluding ortho intramolecular Hbond substituents is 1. The Hall–Kier alpha value is -2.67. The minimum atomic E-state index is 0.324. The standard InChI is InChI=1S/C20H26N6O/c1-13-18-19(21-14(2)22-20(18)25(3)24-13)23-16-7-5-9-26(12-16)11-15-6-4-8-17(27)10-15/h4,6,8,10,16,27H,5,7,9,11-12H2,1-3H3,(H,21,22,23)/t16-/m0/s1. The summed E-state index contributed by atoms with van der Waals surface area (Å²) in [6.45, 7) is 6.78. The van der Waals surface area contributed by atoms with Crippen molar-refractivity contribution in [2.45, 2.75) is 39.3 Å². The first-order valence-electron chi connectivity index (χ1n) is 9.44. The van der Waals surface area contributed by atoms with Gasteiger partial charge in [-0.1, -0.05) is 12.1 Å². The molecular formula is C20H26N6O. The number of rotatable bonds is 4. The maximum atomic E-state index is 9.69. The van der Waals surface area contributed by atoms with Gasteiger partial charge in [-0.05, 0) is 50.9 Å². The van der Waals surface area contributed by atoms with Crippen LogP contribution < -0.4 is 5.32 Å². The molecule has 4 rings (SSSR count). The number of aromatic nitrogens is 4. The molecule has 1 fully saturated rings. The van der Waals surface area contributed by atoms with Gasteiger partial charge in [0.1, 0.15) is 17.4 Å². The Labute approximate surface area is 159 Å². The molecule has 0 radical (unpaired) electrons. The molecule has 3 aromatic rings. The van der Waals surface area contributed by atoms with Crippen LogP contribution in [0, 0.1) is 13.8 Å². The molecule has 3 heterocycles. The second-order valence-electron chi connectivity index (χ2n) is 7.42. The van der Waals surface area contributed by atoms with Gasteiger partial charge in [0, 0.05) is 26.2 Å². The smallest absolute Gasteiger partial charge is 0.163 e. The van der Waals surface area contributed by atoms with E-state index in [4.69, 9.17) is 0 Å². The molecule has 2 N–H and O–H groups in total. The number of phenols is 1. The van der Waals surface area contributed by atoms with Crippen molar-refractivity contribution in [3.05, 3.63) is 41.3 Å². The van der Waals surface area contributed by atoms with Crippen molar-refractivity contribution in [3.8, 4) is 5.75 Å². The molecule has 7 nitrogen and oxygen atoms in total. The molecule has 142 valence electrons. The van der Waals surface area contributed by atoms with E-state index in [-0.39, 0.29) is 0 Å². The number of fused-ring (bicyclic) bond motifs is 1. The Kier molecular flexibility index (Phi) is 4.70. The Morgan fingerprint density at radius 3 is 2.93 bits per heavy atom. The molecule has 27 heavy (non-hydrogen) atoms. The molecule has 0 unspecified atom stereocenters. The summed E-state index contributed by atoms with van der Waals surface area (Å²) in [5.41, 5.74) is 2.95. The zero-order valence-electron chi connectivity index (χ0n) is 16.1. The maximum Gasteiger partial charge on any atom is 0.163 e. The number of nitrogens with one attached hydrogen (secondary N) is 1. The fourth-order valence-electron chi connectivity index (χ4n) is 3.98. The summed E-state index contributed by atoms with van der Waals surface area (Å²) in [5.74, 6) is 1.96. The minimum Gasteiger partial charge on any atom is -0.508 e. The van der Waals surface area contributed by atoms with Gasteiger partial charge in [-0.15, -0.1) is 0 Å². The molecule has 0 bridgehead atoms. The minimum absolute atomic E-state index is 0.324. The molecule has 7 heteroatoms. The molecular weight excluding hydrogens is 340 g/mol. The maximum absolute atomic E-state index is 9.69. The lowest BCUT2D eigenvalue weighted by atomic mass is 10.0. The quantitative estimate of drug-likeness (QED) is 0.739. The highest BCUT2D eigenvalue weighted by Crippen LogP contribution is 2.26. The van der Waals surface area contributed by atoms with E-state index in [2.05, 4.69) is 31.3 Å². The number of anilines is 1. The van der Waals surface area contributed by atoms with Crippen molar-refractivity contribution in [2.75, 3.05) is 18.4 Å². The second-order valence-corrected chi connectivity index (χ2v) is 7.42. The largest absolute Gasteiger partial charge is 0.508 e. The van der Waals surface area contributed by atoms with Crippen LogP contribution in [0.4, 0.5) is 5.82 Å². The zero-order chi connectivity index (χ0) is 19.0. The normalized spacial score (nSPS) is 18.1. The Morgan fingerprint density at radius 2 is 2.11 bits per heavy atom. The summed E-state index contributed by atoms with van der Waals surface area (Å²) in [6.07, 6.45) is 2.25. The van der Waals surface area contributed by atoms with Crippen LogP contribution in [0.1, 0.15) is 29.9 Å². The van der Waals surface area contributed by atoms with Gasteiger partial charge in [-0.25, -0.2) is 9.97 Å². The van der Waals surface area contributed by atoms with Crippen LogP contribution >= 0.6 is 0 Å². The lowest BCUT2D eigenvalue weighted by molar-refractivity contribution is 0.208. The Morgan fingerprint density at radius 1 is 1.26 bits per heavy atom. The molecule has 1 aromatic carbocycles. The third-order valence-electron chi connectivity index (χ3n) is 5.13. The summed E-state index contributed by atoms with van der Waals surface area (Å²) >= 11 is 0. The number of piperidine rings is 1. The molecule has 1 aliphatic rings. The number of aromatic hydroxyl groups is 1. The van der Waals surface area contributed by atoms with Crippen LogP contribution in [0.2, 0.25) is 0 Å². The highest BCUT2D eigenvalue weighted by Gasteiger charge is 2.22. The zero-order valence-corrected chi connectivity index (χ0v) is 16.1. The molecule has 0 saturated carbocycles. The monoisotopic (exact) mass is 366 g/mol. The van der Waals surface area contributed by atoms with Crippen molar-refractivity contribution >= 4 is 16.9 Å². The summed E-state index contributed by atoms with van der Waals surface area (Å²) < 4.78 is 1.82. The molecule has 1 atom stereocenters. The van der Waals surface area contributed by atoms with Crippen molar-refractivity contribution in [2.24, 2.45) is 7.05 Å². The Bertz CT molecular complexity index is 967. The van der Waals surface area contributed by atoms with Gasteiger partial charge in [-0.3, -0.25) is 9.58 Å². The van der Waals surface area contributed by atoms with Gasteiger partial charge in [0.15, 0.2) is 5.65 Å². The van der Waals surface area contributed by atoms with E-state index in [1.807, 2.05) is 37.7 Å². The third-order valence-corrected chi connectivity index (χ3v) is 5.13. The van der Waals surface area contributed by atoms with Crippen LogP contribution in [0.25, 0.3) is 11.0 Å². The number of hydrogen-bond donors (Lipinski definition) is 2. The first kappa shape index (κ1) is 17.7. The lowest BCUT2D eigenvalue weighted by Crippen LogP contribution is -2.41. The van der Waals surface area contributed by atoms with Crippen LogP contribution in [0.5, 0.6) is 5.75 Å². The molecule has 1 saturated heterocycles. The van der Waals surface area contributed by atoms with Crippen LogP contribution in [0.3, 0.4) is 0 Å². The third kappa shape index (κ3) is 3.73. The van der Waals surface area contributed by atoms with Gasteiger partial charge in [0.05, 0.1) is 11.1 Å². The van der Waals surface area contributed by atoms with Gasteiger partial charge in [0.2, 0.25) is 0 Å². The van der Waals surface area contributed by atoms with Crippen LogP contribution in [-0.4, -0.2) is 48.9 Å². The fraction of sp³-hybridized carbons (Fsp3) is 0.450. The van der Waals surface area contributed by atoms with E-state index in [9.17, 15) is 5.11 Å². The lowest BCUT2D eigenvalue weighted by Gasteiger charge is -2.33. The highest BCUT2D eigenvalue weighted by atomic mass is 16.3. The number of benzene rings is 1. The number of aryl methyl sites for hydroxylation is 3. The van der Waals surface area contributed by atoms with E-state index in [1.54, 1.807) is 6.07 Å². The van der Waals surface area contributed by atoms with E-state index in [0.717, 1.165) is 66.4 Å². The van der Waals surface area contributed by atoms with Crippen molar-refractivity contribution in [1.82, 2.24) is 24.6 Å². The summed E-state index contributed by atoms with van der Waals surface area (Å²) in [4.78, 5) is 11.6. The van der Waals surface area contributed by atoms with Gasteiger partial charge in [-0.2, -0.15) is 5.10 Å². The summed E-state index contributed by atoms with van der Waals surface area (Å²) in [7, 11) is 1.92. The first-order chi connectivity index (χ1) is 13.0. The number of hydrogen-bond acceptors (Lipinski definition) is 6. The van der Waals surface area contributed by atoms with E-state index in [0.29, 0.717) is 11.8 Å². The topological polar surface area (TPSA) is 79.1 Å². The van der Waals surface area contributed by atoms with Crippen LogP contribution in [-0.2, 0) is 13.6 Å². The van der Waals surface area contributed by atoms with Crippen molar-refractivity contribution in [1.29, 1.82) is 0 Å². The molecule has 1 aliphatic heterocycles. The van der Waals surface area contributed by atoms with Gasteiger partial charge in [0.25, 0.3) is 0 Å². The van der Waals surface area contributed by atoms with Gasteiger partial charge >= 0.3 is 0 Å². The summed E-state index contributed by atoms with van der Waals surface area (Å²) in [6, 6.07) is 7.84. The second kappa shape index (κ2) is 7.15.